The van der Waals surface area contributed by atoms with Crippen molar-refractivity contribution in [1.29, 1.82) is 5.26 Å². The largest absolute Gasteiger partial charge is 0.469 e. The molecule has 0 aliphatic rings. The summed E-state index contributed by atoms with van der Waals surface area (Å²) in [5, 5.41) is 11.6. The third kappa shape index (κ3) is 4.03. The highest BCUT2D eigenvalue weighted by molar-refractivity contribution is 7.14. The molecule has 0 saturated heterocycles. The zero-order chi connectivity index (χ0) is 21.1. The molecule has 146 valence electrons. The van der Waals surface area contributed by atoms with Gasteiger partial charge in [0.25, 0.3) is 0 Å². The van der Waals surface area contributed by atoms with Gasteiger partial charge in [0.05, 0.1) is 23.2 Å². The number of aryl methyl sites for hydroxylation is 3. The lowest BCUT2D eigenvalue weighted by Crippen LogP contribution is -2.24. The van der Waals surface area contributed by atoms with E-state index in [0.29, 0.717) is 22.1 Å². The van der Waals surface area contributed by atoms with Crippen LogP contribution in [0.4, 0.5) is 10.8 Å². The zero-order valence-electron chi connectivity index (χ0n) is 16.5. The molecule has 0 bridgehead atoms. The number of nitriles is 1. The van der Waals surface area contributed by atoms with Crippen molar-refractivity contribution >= 4 is 39.9 Å². The summed E-state index contributed by atoms with van der Waals surface area (Å²) in [6.07, 6.45) is 2.84. The van der Waals surface area contributed by atoms with Gasteiger partial charge in [0.15, 0.2) is 5.13 Å². The number of allylic oxidation sites excluding steroid dienone is 1. The van der Waals surface area contributed by atoms with Crippen LogP contribution in [-0.4, -0.2) is 16.7 Å². The maximum atomic E-state index is 12.6. The van der Waals surface area contributed by atoms with Gasteiger partial charge in [-0.05, 0) is 44.0 Å². The number of rotatable bonds is 5. The molecule has 1 amide bonds. The number of thiazole rings is 1. The number of nitrogens with zero attached hydrogens (tertiary/aromatic N) is 3. The van der Waals surface area contributed by atoms with Crippen molar-refractivity contribution in [2.24, 2.45) is 0 Å². The van der Waals surface area contributed by atoms with Gasteiger partial charge in [0, 0.05) is 12.3 Å². The Morgan fingerprint density at radius 3 is 2.45 bits per heavy atom. The van der Waals surface area contributed by atoms with Crippen LogP contribution >= 0.6 is 11.3 Å². The molecule has 0 aliphatic carbocycles. The summed E-state index contributed by atoms with van der Waals surface area (Å²) in [6.45, 7) is 7.02. The van der Waals surface area contributed by atoms with E-state index in [-0.39, 0.29) is 11.5 Å². The van der Waals surface area contributed by atoms with Gasteiger partial charge in [-0.3, -0.25) is 14.5 Å². The molecule has 0 spiro atoms. The second-order valence-electron chi connectivity index (χ2n) is 6.54. The second-order valence-corrected chi connectivity index (χ2v) is 7.38. The van der Waals surface area contributed by atoms with E-state index in [1.807, 2.05) is 38.1 Å². The number of hydrogen-bond acceptors (Lipinski definition) is 6. The average Bonchev–Trinajstić information content (AvgIpc) is 3.30. The van der Waals surface area contributed by atoms with Crippen LogP contribution in [0.5, 0.6) is 0 Å². The number of anilines is 2. The van der Waals surface area contributed by atoms with Crippen molar-refractivity contribution in [3.8, 4) is 6.07 Å². The zero-order valence-corrected chi connectivity index (χ0v) is 17.3. The molecule has 1 aromatic carbocycles. The molecular formula is C22H19N3O3S. The van der Waals surface area contributed by atoms with Crippen LogP contribution in [0.2, 0.25) is 0 Å². The van der Waals surface area contributed by atoms with Gasteiger partial charge in [-0.1, -0.05) is 18.2 Å². The van der Waals surface area contributed by atoms with Gasteiger partial charge in [-0.25, -0.2) is 4.98 Å². The maximum Gasteiger partial charge on any atom is 0.230 e. The fourth-order valence-corrected chi connectivity index (χ4v) is 3.88. The number of hydrogen-bond donors (Lipinski definition) is 0. The number of para-hydroxylation sites is 1. The van der Waals surface area contributed by atoms with Crippen molar-refractivity contribution < 1.29 is 14.0 Å². The molecule has 2 aromatic heterocycles. The first-order chi connectivity index (χ1) is 13.8. The Morgan fingerprint density at radius 1 is 1.21 bits per heavy atom. The normalized spacial score (nSPS) is 11.2. The number of Topliss-reactive ketones (excluding diaryl/α,β-unsaturated/α-hetero) is 1. The summed E-state index contributed by atoms with van der Waals surface area (Å²) in [7, 11) is 0. The summed E-state index contributed by atoms with van der Waals surface area (Å²) in [5.41, 5.74) is 3.43. The van der Waals surface area contributed by atoms with Gasteiger partial charge in [0.2, 0.25) is 11.7 Å². The summed E-state index contributed by atoms with van der Waals surface area (Å²) < 4.78 is 5.15. The highest BCUT2D eigenvalue weighted by Gasteiger charge is 2.22. The molecule has 0 aliphatic heterocycles. The smallest absolute Gasteiger partial charge is 0.230 e. The summed E-state index contributed by atoms with van der Waals surface area (Å²) in [4.78, 5) is 31.0. The van der Waals surface area contributed by atoms with E-state index in [1.165, 1.54) is 36.7 Å². The molecule has 0 fully saturated rings. The van der Waals surface area contributed by atoms with Gasteiger partial charge in [-0.15, -0.1) is 11.3 Å². The lowest BCUT2D eigenvalue weighted by Gasteiger charge is -2.22. The SMILES string of the molecule is CC(=O)N(c1nc(/C=C(\C#N)C(=O)c2ccoc2C)cs1)c1c(C)cccc1C. The predicted molar refractivity (Wildman–Crippen MR) is 112 cm³/mol. The molecular weight excluding hydrogens is 386 g/mol. The molecule has 0 radical (unpaired) electrons. The van der Waals surface area contributed by atoms with Crippen molar-refractivity contribution in [2.75, 3.05) is 4.90 Å². The van der Waals surface area contributed by atoms with E-state index in [1.54, 1.807) is 17.2 Å². The monoisotopic (exact) mass is 405 g/mol. The van der Waals surface area contributed by atoms with Gasteiger partial charge >= 0.3 is 0 Å². The molecule has 29 heavy (non-hydrogen) atoms. The maximum absolute atomic E-state index is 12.6. The lowest BCUT2D eigenvalue weighted by molar-refractivity contribution is -0.115. The number of carbonyl (C=O) groups excluding carboxylic acids is 2. The standard InChI is InChI=1S/C22H19N3O3S/c1-13-6-5-7-14(2)20(13)25(16(4)26)22-24-18(12-29-22)10-17(11-23)21(27)19-8-9-28-15(19)3/h5-10,12H,1-4H3/b17-10+. The Morgan fingerprint density at radius 2 is 1.90 bits per heavy atom. The van der Waals surface area contributed by atoms with Crippen LogP contribution in [0.3, 0.4) is 0 Å². The van der Waals surface area contributed by atoms with E-state index >= 15 is 0 Å². The summed E-state index contributed by atoms with van der Waals surface area (Å²) in [5.74, 6) is -0.141. The minimum absolute atomic E-state index is 0.0483. The first-order valence-electron chi connectivity index (χ1n) is 8.86. The Hall–Kier alpha value is -3.50. The van der Waals surface area contributed by atoms with Gasteiger partial charge in [-0.2, -0.15) is 5.26 Å². The minimum atomic E-state index is -0.425. The minimum Gasteiger partial charge on any atom is -0.469 e. The van der Waals surface area contributed by atoms with E-state index in [4.69, 9.17) is 4.42 Å². The average molecular weight is 405 g/mol. The number of amides is 1. The molecule has 0 unspecified atom stereocenters. The summed E-state index contributed by atoms with van der Waals surface area (Å²) >= 11 is 1.27. The van der Waals surface area contributed by atoms with Crippen LogP contribution in [0.25, 0.3) is 6.08 Å². The third-order valence-corrected chi connectivity index (χ3v) is 5.28. The van der Waals surface area contributed by atoms with E-state index in [9.17, 15) is 14.9 Å². The Kier molecular flexibility index (Phi) is 5.76. The summed E-state index contributed by atoms with van der Waals surface area (Å²) in [6, 6.07) is 9.28. The first kappa shape index (κ1) is 20.2. The number of aromatic nitrogens is 1. The molecule has 2 heterocycles. The highest BCUT2D eigenvalue weighted by Crippen LogP contribution is 2.34. The van der Waals surface area contributed by atoms with Gasteiger partial charge < -0.3 is 4.42 Å². The van der Waals surface area contributed by atoms with E-state index in [2.05, 4.69) is 4.98 Å². The first-order valence-corrected chi connectivity index (χ1v) is 9.74. The molecule has 6 nitrogen and oxygen atoms in total. The second kappa shape index (κ2) is 8.25. The fourth-order valence-electron chi connectivity index (χ4n) is 3.05. The van der Waals surface area contributed by atoms with Crippen molar-refractivity contribution in [3.63, 3.8) is 0 Å². The topological polar surface area (TPSA) is 87.2 Å². The molecule has 0 atom stereocenters. The third-order valence-electron chi connectivity index (χ3n) is 4.44. The number of furan rings is 1. The van der Waals surface area contributed by atoms with Crippen LogP contribution in [0.1, 0.15) is 39.9 Å². The van der Waals surface area contributed by atoms with E-state index < -0.39 is 5.78 Å². The Bertz CT molecular complexity index is 1140. The van der Waals surface area contributed by atoms with Crippen LogP contribution < -0.4 is 4.90 Å². The Labute approximate surface area is 172 Å². The van der Waals surface area contributed by atoms with Gasteiger partial charge in [0.1, 0.15) is 17.4 Å². The lowest BCUT2D eigenvalue weighted by atomic mass is 10.0. The van der Waals surface area contributed by atoms with Crippen molar-refractivity contribution in [1.82, 2.24) is 4.98 Å². The fraction of sp³-hybridized carbons (Fsp3) is 0.182. The van der Waals surface area contributed by atoms with Crippen molar-refractivity contribution in [2.45, 2.75) is 27.7 Å². The van der Waals surface area contributed by atoms with Crippen LogP contribution in [-0.2, 0) is 4.79 Å². The molecule has 3 aromatic rings. The number of benzene rings is 1. The molecule has 0 N–H and O–H groups in total. The number of ketones is 1. The Balaban J connectivity index is 1.99. The molecule has 0 saturated carbocycles. The molecule has 3 rings (SSSR count). The highest BCUT2D eigenvalue weighted by atomic mass is 32.1. The van der Waals surface area contributed by atoms with E-state index in [0.717, 1.165) is 16.8 Å². The quantitative estimate of drug-likeness (QED) is 0.333. The van der Waals surface area contributed by atoms with Crippen LogP contribution in [0.15, 0.2) is 45.9 Å². The predicted octanol–water partition coefficient (Wildman–Crippen LogP) is 5.14. The molecule has 7 heteroatoms. The van der Waals surface area contributed by atoms with Crippen molar-refractivity contribution in [3.05, 3.63) is 69.6 Å². The van der Waals surface area contributed by atoms with Crippen LogP contribution in [0, 0.1) is 32.1 Å². The number of carbonyl (C=O) groups is 2.